The van der Waals surface area contributed by atoms with Crippen molar-refractivity contribution in [2.24, 2.45) is 0 Å². The van der Waals surface area contributed by atoms with Crippen molar-refractivity contribution in [1.82, 2.24) is 15.6 Å². The molecule has 1 aliphatic rings. The van der Waals surface area contributed by atoms with Crippen LogP contribution >= 0.6 is 36.2 Å². The normalized spacial score (nSPS) is 21.9. The second-order valence-corrected chi connectivity index (χ2v) is 4.63. The summed E-state index contributed by atoms with van der Waals surface area (Å²) in [6, 6.07) is 0.0407. The van der Waals surface area contributed by atoms with Crippen molar-refractivity contribution in [2.45, 2.75) is 19.1 Å². The van der Waals surface area contributed by atoms with E-state index in [2.05, 4.69) is 15.6 Å². The Kier molecular flexibility index (Phi) is 7.73. The van der Waals surface area contributed by atoms with E-state index in [4.69, 9.17) is 4.74 Å². The molecule has 1 aromatic heterocycles. The van der Waals surface area contributed by atoms with Crippen LogP contribution in [0.25, 0.3) is 0 Å². The van der Waals surface area contributed by atoms with Crippen LogP contribution in [-0.4, -0.2) is 43.2 Å². The van der Waals surface area contributed by atoms with Gasteiger partial charge in [0.25, 0.3) is 5.91 Å². The van der Waals surface area contributed by atoms with Crippen molar-refractivity contribution >= 4 is 42.1 Å². The Balaban J connectivity index is 0.00000144. The lowest BCUT2D eigenvalue weighted by molar-refractivity contribution is 0.0782. The van der Waals surface area contributed by atoms with Crippen molar-refractivity contribution in [2.75, 3.05) is 20.2 Å². The summed E-state index contributed by atoms with van der Waals surface area (Å²) in [5, 5.41) is 6.15. The van der Waals surface area contributed by atoms with Crippen molar-refractivity contribution in [3.05, 3.63) is 16.1 Å². The molecule has 5 nitrogen and oxygen atoms in total. The van der Waals surface area contributed by atoms with Crippen molar-refractivity contribution < 1.29 is 9.53 Å². The number of hydrogen-bond acceptors (Lipinski definition) is 5. The van der Waals surface area contributed by atoms with Gasteiger partial charge in [-0.1, -0.05) is 0 Å². The molecule has 1 fully saturated rings. The average molecular weight is 314 g/mol. The van der Waals surface area contributed by atoms with Gasteiger partial charge in [-0.15, -0.1) is 36.2 Å². The first kappa shape index (κ1) is 17.6. The van der Waals surface area contributed by atoms with Crippen LogP contribution in [0, 0.1) is 6.92 Å². The molecule has 1 unspecified atom stereocenters. The molecule has 2 N–H and O–H groups in total. The zero-order valence-electron chi connectivity index (χ0n) is 10.1. The number of carbonyl (C=O) groups is 1. The third-order valence-corrected chi connectivity index (χ3v) is 3.66. The van der Waals surface area contributed by atoms with Gasteiger partial charge in [0.2, 0.25) is 0 Å². The minimum absolute atomic E-state index is 0. The predicted molar refractivity (Wildman–Crippen MR) is 76.3 cm³/mol. The minimum Gasteiger partial charge on any atom is -0.378 e. The number of nitrogens with zero attached hydrogens (tertiary/aromatic N) is 1. The number of nitrogens with one attached hydrogen (secondary N) is 2. The molecule has 8 heteroatoms. The van der Waals surface area contributed by atoms with Gasteiger partial charge in [-0.3, -0.25) is 4.79 Å². The van der Waals surface area contributed by atoms with Crippen LogP contribution < -0.4 is 10.6 Å². The van der Waals surface area contributed by atoms with E-state index in [1.165, 1.54) is 11.3 Å². The molecular weight excluding hydrogens is 297 g/mol. The number of carbonyl (C=O) groups excluding carboxylic acids is 1. The number of rotatable bonds is 3. The van der Waals surface area contributed by atoms with E-state index in [1.807, 2.05) is 6.92 Å². The lowest BCUT2D eigenvalue weighted by atomic mass is 10.2. The van der Waals surface area contributed by atoms with E-state index in [0.717, 1.165) is 18.8 Å². The van der Waals surface area contributed by atoms with E-state index in [0.29, 0.717) is 4.88 Å². The fourth-order valence-corrected chi connectivity index (χ4v) is 2.51. The maximum Gasteiger partial charge on any atom is 0.263 e. The van der Waals surface area contributed by atoms with E-state index in [1.54, 1.807) is 12.6 Å². The Hall–Kier alpha value is -0.400. The average Bonchev–Trinajstić information content (AvgIpc) is 2.86. The second-order valence-electron chi connectivity index (χ2n) is 3.78. The van der Waals surface area contributed by atoms with E-state index in [9.17, 15) is 4.79 Å². The highest BCUT2D eigenvalue weighted by atomic mass is 35.5. The van der Waals surface area contributed by atoms with E-state index in [-0.39, 0.29) is 42.9 Å². The van der Waals surface area contributed by atoms with Crippen LogP contribution in [0.15, 0.2) is 5.51 Å². The van der Waals surface area contributed by atoms with Gasteiger partial charge in [-0.05, 0) is 6.92 Å². The Labute approximate surface area is 123 Å². The number of aryl methyl sites for hydroxylation is 1. The molecular formula is C10H17Cl2N3O2S. The first-order valence-electron chi connectivity index (χ1n) is 5.17. The fraction of sp³-hybridized carbons (Fsp3) is 0.600. The zero-order chi connectivity index (χ0) is 11.5. The number of ether oxygens (including phenoxy) is 1. The molecule has 0 bridgehead atoms. The second kappa shape index (κ2) is 7.91. The van der Waals surface area contributed by atoms with Gasteiger partial charge in [0.05, 0.1) is 23.4 Å². The number of thiazole rings is 1. The summed E-state index contributed by atoms with van der Waals surface area (Å²) in [4.78, 5) is 16.7. The summed E-state index contributed by atoms with van der Waals surface area (Å²) >= 11 is 1.37. The van der Waals surface area contributed by atoms with Gasteiger partial charge in [0.15, 0.2) is 0 Å². The lowest BCUT2D eigenvalue weighted by Crippen LogP contribution is -2.43. The molecule has 2 heterocycles. The monoisotopic (exact) mass is 313 g/mol. The Morgan fingerprint density at radius 1 is 1.56 bits per heavy atom. The molecule has 1 amide bonds. The van der Waals surface area contributed by atoms with Gasteiger partial charge in [-0.25, -0.2) is 4.98 Å². The third-order valence-electron chi connectivity index (χ3n) is 2.73. The summed E-state index contributed by atoms with van der Waals surface area (Å²) < 4.78 is 5.28. The van der Waals surface area contributed by atoms with Crippen LogP contribution in [0.5, 0.6) is 0 Å². The minimum atomic E-state index is -0.0595. The lowest BCUT2D eigenvalue weighted by Gasteiger charge is -2.18. The van der Waals surface area contributed by atoms with Gasteiger partial charge >= 0.3 is 0 Å². The number of methoxy groups -OCH3 is 1. The van der Waals surface area contributed by atoms with Gasteiger partial charge in [0, 0.05) is 20.2 Å². The molecule has 0 spiro atoms. The van der Waals surface area contributed by atoms with Gasteiger partial charge in [-0.2, -0.15) is 0 Å². The van der Waals surface area contributed by atoms with Crippen LogP contribution in [0.4, 0.5) is 0 Å². The fourth-order valence-electron chi connectivity index (χ4n) is 1.80. The summed E-state index contributed by atoms with van der Waals surface area (Å²) in [5.74, 6) is -0.0595. The number of amides is 1. The first-order valence-corrected chi connectivity index (χ1v) is 6.04. The Bertz CT molecular complexity index is 389. The maximum absolute atomic E-state index is 11.9. The molecule has 0 aliphatic carbocycles. The third kappa shape index (κ3) is 3.80. The van der Waals surface area contributed by atoms with E-state index >= 15 is 0 Å². The summed E-state index contributed by atoms with van der Waals surface area (Å²) in [7, 11) is 1.66. The van der Waals surface area contributed by atoms with Gasteiger partial charge < -0.3 is 15.4 Å². The Morgan fingerprint density at radius 3 is 2.83 bits per heavy atom. The first-order chi connectivity index (χ1) is 7.72. The SMILES string of the molecule is CO[C@H]1CNCC1NC(=O)c1scnc1C.Cl.Cl. The maximum atomic E-state index is 11.9. The number of hydrogen-bond donors (Lipinski definition) is 2. The smallest absolute Gasteiger partial charge is 0.263 e. The van der Waals surface area contributed by atoms with E-state index < -0.39 is 0 Å². The highest BCUT2D eigenvalue weighted by Gasteiger charge is 2.29. The van der Waals surface area contributed by atoms with Crippen LogP contribution in [0.2, 0.25) is 0 Å². The molecule has 1 aromatic rings. The quantitative estimate of drug-likeness (QED) is 0.874. The predicted octanol–water partition coefficient (Wildman–Crippen LogP) is 1.01. The molecule has 0 saturated carbocycles. The van der Waals surface area contributed by atoms with Crippen LogP contribution in [0.3, 0.4) is 0 Å². The molecule has 1 saturated heterocycles. The highest BCUT2D eigenvalue weighted by molar-refractivity contribution is 7.11. The van der Waals surface area contributed by atoms with Crippen molar-refractivity contribution in [1.29, 1.82) is 0 Å². The molecule has 1 aliphatic heterocycles. The molecule has 0 radical (unpaired) electrons. The molecule has 2 atom stereocenters. The summed E-state index contributed by atoms with van der Waals surface area (Å²) in [5.41, 5.74) is 2.47. The molecule has 2 rings (SSSR count). The Morgan fingerprint density at radius 2 is 2.28 bits per heavy atom. The summed E-state index contributed by atoms with van der Waals surface area (Å²) in [6.07, 6.45) is 0.0529. The van der Waals surface area contributed by atoms with Crippen LogP contribution in [-0.2, 0) is 4.74 Å². The van der Waals surface area contributed by atoms with Crippen LogP contribution in [0.1, 0.15) is 15.4 Å². The topological polar surface area (TPSA) is 63.2 Å². The number of aromatic nitrogens is 1. The van der Waals surface area contributed by atoms with Gasteiger partial charge in [0.1, 0.15) is 4.88 Å². The van der Waals surface area contributed by atoms with Crippen molar-refractivity contribution in [3.63, 3.8) is 0 Å². The highest BCUT2D eigenvalue weighted by Crippen LogP contribution is 2.13. The standard InChI is InChI=1S/C10H15N3O2S.2ClH/c1-6-9(16-5-12-6)10(14)13-7-3-11-4-8(7)15-2;;/h5,7-8,11H,3-4H2,1-2H3,(H,13,14);2*1H/t7?,8-;;/m0../s1. The number of halogens is 2. The summed E-state index contributed by atoms with van der Waals surface area (Å²) in [6.45, 7) is 3.37. The largest absolute Gasteiger partial charge is 0.378 e. The van der Waals surface area contributed by atoms with Crippen molar-refractivity contribution in [3.8, 4) is 0 Å². The zero-order valence-corrected chi connectivity index (χ0v) is 12.6. The molecule has 104 valence electrons. The molecule has 18 heavy (non-hydrogen) atoms. The molecule has 0 aromatic carbocycles.